The fourth-order valence-electron chi connectivity index (χ4n) is 3.27. The zero-order valence-electron chi connectivity index (χ0n) is 15.5. The Morgan fingerprint density at radius 1 is 1.07 bits per heavy atom. The van der Waals surface area contributed by atoms with Crippen LogP contribution in [0.3, 0.4) is 0 Å². The molecule has 142 valence electrons. The van der Waals surface area contributed by atoms with Crippen LogP contribution in [0.25, 0.3) is 22.4 Å². The molecule has 0 aromatic carbocycles. The second kappa shape index (κ2) is 7.17. The molecule has 0 spiro atoms. The number of pyridine rings is 1. The summed E-state index contributed by atoms with van der Waals surface area (Å²) in [4.78, 5) is 18.6. The number of piperazine rings is 1. The summed E-state index contributed by atoms with van der Waals surface area (Å²) < 4.78 is 0. The van der Waals surface area contributed by atoms with E-state index < -0.39 is 0 Å². The van der Waals surface area contributed by atoms with E-state index in [0.29, 0.717) is 11.6 Å². The number of rotatable bonds is 4. The second-order valence-corrected chi connectivity index (χ2v) is 7.64. The van der Waals surface area contributed by atoms with E-state index in [1.165, 1.54) is 0 Å². The number of anilines is 3. The van der Waals surface area contributed by atoms with Gasteiger partial charge in [0.2, 0.25) is 0 Å². The molecule has 0 unspecified atom stereocenters. The molecule has 9 heteroatoms. The molecule has 0 aliphatic carbocycles. The molecule has 1 aliphatic rings. The van der Waals surface area contributed by atoms with Crippen molar-refractivity contribution in [2.75, 3.05) is 43.4 Å². The lowest BCUT2D eigenvalue weighted by Gasteiger charge is -2.33. The molecule has 2 N–H and O–H groups in total. The van der Waals surface area contributed by atoms with Gasteiger partial charge in [0.1, 0.15) is 16.9 Å². The van der Waals surface area contributed by atoms with Crippen LogP contribution in [0.1, 0.15) is 0 Å². The Hall–Kier alpha value is -3.04. The predicted octanol–water partition coefficient (Wildman–Crippen LogP) is 2.97. The third kappa shape index (κ3) is 3.30. The van der Waals surface area contributed by atoms with Gasteiger partial charge in [-0.3, -0.25) is 5.10 Å². The molecular formula is C19H20N8S. The van der Waals surface area contributed by atoms with Gasteiger partial charge in [0.05, 0.1) is 18.1 Å². The van der Waals surface area contributed by atoms with Crippen LogP contribution < -0.4 is 10.2 Å². The molecule has 0 atom stereocenters. The van der Waals surface area contributed by atoms with Crippen LogP contribution in [-0.4, -0.2) is 63.3 Å². The number of aromatic nitrogens is 5. The number of hydrogen-bond acceptors (Lipinski definition) is 8. The molecule has 0 amide bonds. The first kappa shape index (κ1) is 17.1. The van der Waals surface area contributed by atoms with Crippen LogP contribution >= 0.6 is 11.3 Å². The number of aromatic amines is 1. The third-order valence-corrected chi connectivity index (χ3v) is 5.60. The highest BCUT2D eigenvalue weighted by Gasteiger charge is 2.16. The zero-order valence-corrected chi connectivity index (χ0v) is 16.3. The topological polar surface area (TPSA) is 85.9 Å². The summed E-state index contributed by atoms with van der Waals surface area (Å²) in [5, 5.41) is 14.5. The van der Waals surface area contributed by atoms with Gasteiger partial charge in [-0.15, -0.1) is 0 Å². The molecule has 0 radical (unpaired) electrons. The van der Waals surface area contributed by atoms with Gasteiger partial charge in [-0.1, -0.05) is 0 Å². The highest BCUT2D eigenvalue weighted by molar-refractivity contribution is 7.08. The second-order valence-electron chi connectivity index (χ2n) is 6.86. The number of nitrogens with one attached hydrogen (secondary N) is 2. The number of thiophene rings is 1. The Morgan fingerprint density at radius 2 is 1.96 bits per heavy atom. The van der Waals surface area contributed by atoms with Crippen molar-refractivity contribution >= 4 is 39.7 Å². The third-order valence-electron chi connectivity index (χ3n) is 4.92. The molecular weight excluding hydrogens is 372 g/mol. The molecule has 1 aliphatic heterocycles. The van der Waals surface area contributed by atoms with Crippen molar-refractivity contribution < 1.29 is 0 Å². The minimum Gasteiger partial charge on any atom is -0.354 e. The predicted molar refractivity (Wildman–Crippen MR) is 112 cm³/mol. The van der Waals surface area contributed by atoms with Gasteiger partial charge in [0, 0.05) is 37.1 Å². The van der Waals surface area contributed by atoms with Crippen LogP contribution in [0, 0.1) is 0 Å². The average molecular weight is 392 g/mol. The van der Waals surface area contributed by atoms with Crippen molar-refractivity contribution in [1.82, 2.24) is 30.0 Å². The van der Waals surface area contributed by atoms with Crippen molar-refractivity contribution in [2.24, 2.45) is 0 Å². The smallest absolute Gasteiger partial charge is 0.163 e. The number of nitrogens with zero attached hydrogens (tertiary/aromatic N) is 6. The Morgan fingerprint density at radius 3 is 2.71 bits per heavy atom. The molecule has 0 bridgehead atoms. The monoisotopic (exact) mass is 392 g/mol. The quantitative estimate of drug-likeness (QED) is 0.552. The lowest BCUT2D eigenvalue weighted by molar-refractivity contribution is 0.312. The number of likely N-dealkylation sites (N-methyl/N-ethyl adjacent to an activating group) is 1. The molecule has 1 saturated heterocycles. The largest absolute Gasteiger partial charge is 0.354 e. The first-order valence-corrected chi connectivity index (χ1v) is 10.1. The van der Waals surface area contributed by atoms with Crippen molar-refractivity contribution in [1.29, 1.82) is 0 Å². The number of fused-ring (bicyclic) bond motifs is 1. The van der Waals surface area contributed by atoms with Crippen LogP contribution in [0.2, 0.25) is 0 Å². The van der Waals surface area contributed by atoms with Crippen LogP contribution in [-0.2, 0) is 0 Å². The van der Waals surface area contributed by atoms with Gasteiger partial charge < -0.3 is 15.1 Å². The van der Waals surface area contributed by atoms with Crippen molar-refractivity contribution in [3.05, 3.63) is 41.4 Å². The van der Waals surface area contributed by atoms with Gasteiger partial charge in [-0.25, -0.2) is 15.0 Å². The normalized spacial score (nSPS) is 15.2. The summed E-state index contributed by atoms with van der Waals surface area (Å²) in [5.74, 6) is 2.38. The summed E-state index contributed by atoms with van der Waals surface area (Å²) >= 11 is 1.63. The lowest BCUT2D eigenvalue weighted by Crippen LogP contribution is -2.44. The fraction of sp³-hybridized carbons (Fsp3) is 0.263. The molecule has 5 heterocycles. The molecule has 8 nitrogen and oxygen atoms in total. The lowest BCUT2D eigenvalue weighted by atomic mass is 10.3. The molecule has 28 heavy (non-hydrogen) atoms. The summed E-state index contributed by atoms with van der Waals surface area (Å²) in [5.41, 5.74) is 3.44. The number of H-pyrrole nitrogens is 1. The molecule has 0 saturated carbocycles. The summed E-state index contributed by atoms with van der Waals surface area (Å²) in [7, 11) is 2.15. The molecule has 5 rings (SSSR count). The van der Waals surface area contributed by atoms with Crippen LogP contribution in [0.5, 0.6) is 0 Å². The Balaban J connectivity index is 1.41. The molecule has 4 aromatic heterocycles. The summed E-state index contributed by atoms with van der Waals surface area (Å²) in [6, 6.07) is 6.11. The maximum Gasteiger partial charge on any atom is 0.163 e. The van der Waals surface area contributed by atoms with Gasteiger partial charge in [-0.05, 0) is 30.6 Å². The Kier molecular flexibility index (Phi) is 4.38. The zero-order chi connectivity index (χ0) is 18.9. The molecule has 4 aromatic rings. The minimum absolute atomic E-state index is 0.680. The maximum absolute atomic E-state index is 4.70. The van der Waals surface area contributed by atoms with E-state index in [1.54, 1.807) is 17.5 Å². The van der Waals surface area contributed by atoms with E-state index >= 15 is 0 Å². The Bertz CT molecular complexity index is 1070. The first-order chi connectivity index (χ1) is 13.8. The van der Waals surface area contributed by atoms with Gasteiger partial charge in [0.15, 0.2) is 11.6 Å². The standard InChI is InChI=1S/C19H20N8S/c1-26-5-7-27(8-6-26)16-3-2-14(10-20-16)22-19-17-15(11-21-25-17)23-18(24-19)13-4-9-28-12-13/h2-4,9-12H,5-8H2,1H3,(H,21,25)(H,22,23,24). The van der Waals surface area contributed by atoms with E-state index in [-0.39, 0.29) is 0 Å². The minimum atomic E-state index is 0.680. The van der Waals surface area contributed by atoms with E-state index in [1.807, 2.05) is 29.1 Å². The van der Waals surface area contributed by atoms with E-state index in [2.05, 4.69) is 48.4 Å². The summed E-state index contributed by atoms with van der Waals surface area (Å²) in [6.07, 6.45) is 3.56. The highest BCUT2D eigenvalue weighted by atomic mass is 32.1. The van der Waals surface area contributed by atoms with Gasteiger partial charge >= 0.3 is 0 Å². The average Bonchev–Trinajstić information content (AvgIpc) is 3.41. The van der Waals surface area contributed by atoms with Gasteiger partial charge in [0.25, 0.3) is 0 Å². The van der Waals surface area contributed by atoms with Crippen molar-refractivity contribution in [3.63, 3.8) is 0 Å². The van der Waals surface area contributed by atoms with Crippen LogP contribution in [0.15, 0.2) is 41.4 Å². The van der Waals surface area contributed by atoms with Gasteiger partial charge in [-0.2, -0.15) is 16.4 Å². The highest BCUT2D eigenvalue weighted by Crippen LogP contribution is 2.27. The molecule has 1 fully saturated rings. The maximum atomic E-state index is 4.70. The first-order valence-electron chi connectivity index (χ1n) is 9.16. The van der Waals surface area contributed by atoms with Crippen molar-refractivity contribution in [3.8, 4) is 11.4 Å². The fourth-order valence-corrected chi connectivity index (χ4v) is 3.90. The SMILES string of the molecule is CN1CCN(c2ccc(Nc3nc(-c4ccsc4)nc4cn[nH]c34)cn2)CC1. The van der Waals surface area contributed by atoms with Crippen molar-refractivity contribution in [2.45, 2.75) is 0 Å². The van der Waals surface area contributed by atoms with E-state index in [0.717, 1.165) is 54.3 Å². The summed E-state index contributed by atoms with van der Waals surface area (Å²) in [6.45, 7) is 4.12. The number of hydrogen-bond donors (Lipinski definition) is 2. The van der Waals surface area contributed by atoms with E-state index in [4.69, 9.17) is 4.98 Å². The Labute approximate surface area is 166 Å². The van der Waals surface area contributed by atoms with Crippen LogP contribution in [0.4, 0.5) is 17.3 Å². The van der Waals surface area contributed by atoms with E-state index in [9.17, 15) is 0 Å².